The summed E-state index contributed by atoms with van der Waals surface area (Å²) in [5.41, 5.74) is 0.790. The minimum Gasteiger partial charge on any atom is -0.539 e. The topological polar surface area (TPSA) is 58.4 Å². The largest absolute Gasteiger partial charge is 1.00 e. The summed E-state index contributed by atoms with van der Waals surface area (Å²) in [5, 5.41) is 7.86. The Labute approximate surface area is 112 Å². The van der Waals surface area contributed by atoms with Crippen LogP contribution in [0.2, 0.25) is 0 Å². The van der Waals surface area contributed by atoms with Crippen molar-refractivity contribution >= 4 is 12.3 Å². The third-order valence-electron chi connectivity index (χ3n) is 3.26. The van der Waals surface area contributed by atoms with Gasteiger partial charge in [0.05, 0.1) is 0 Å². The van der Waals surface area contributed by atoms with Gasteiger partial charge in [-0.25, -0.2) is 0 Å². The molecule has 0 unspecified atom stereocenters. The average Bonchev–Trinajstić information content (AvgIpc) is 2.79. The summed E-state index contributed by atoms with van der Waals surface area (Å²) in [5.74, 6) is 0. The molecule has 6 nitrogen and oxygen atoms in total. The van der Waals surface area contributed by atoms with Gasteiger partial charge in [-0.15, -0.1) is 5.10 Å². The van der Waals surface area contributed by atoms with Gasteiger partial charge in [-0.3, -0.25) is 4.68 Å². The standard InChI is InChI=1S/C9H15BN3O3.Li/c1-3-13-8(4-11-12-13)10-14-5-9(2,6-15-10)7-16-10;/h4H,3,5-7H2,1-2H3;/q-1;+1. The molecule has 0 aromatic carbocycles. The van der Waals surface area contributed by atoms with E-state index in [1.165, 1.54) is 0 Å². The van der Waals surface area contributed by atoms with Crippen LogP contribution in [0, 0.1) is 5.41 Å². The molecule has 8 heteroatoms. The van der Waals surface area contributed by atoms with Gasteiger partial charge in [-0.2, -0.15) is 0 Å². The predicted octanol–water partition coefficient (Wildman–Crippen LogP) is -3.47. The Morgan fingerprint density at radius 3 is 2.47 bits per heavy atom. The van der Waals surface area contributed by atoms with E-state index in [1.54, 1.807) is 10.9 Å². The SMILES string of the molecule is CCn1nncc1[B-]12OCC(C)(CO1)CO2.[Li+]. The minimum atomic E-state index is -1.81. The summed E-state index contributed by atoms with van der Waals surface area (Å²) < 4.78 is 19.1. The zero-order chi connectivity index (χ0) is 11.2. The van der Waals surface area contributed by atoms with Gasteiger partial charge in [0.2, 0.25) is 0 Å². The molecule has 4 rings (SSSR count). The van der Waals surface area contributed by atoms with E-state index in [0.29, 0.717) is 19.8 Å². The van der Waals surface area contributed by atoms with E-state index in [9.17, 15) is 0 Å². The summed E-state index contributed by atoms with van der Waals surface area (Å²) in [6, 6.07) is 0. The van der Waals surface area contributed by atoms with Crippen LogP contribution in [0.5, 0.6) is 0 Å². The van der Waals surface area contributed by atoms with Crippen LogP contribution in [0.1, 0.15) is 13.8 Å². The second-order valence-electron chi connectivity index (χ2n) is 4.86. The Morgan fingerprint density at radius 2 is 1.94 bits per heavy atom. The molecular weight excluding hydrogens is 216 g/mol. The van der Waals surface area contributed by atoms with Crippen LogP contribution in [-0.4, -0.2) is 41.6 Å². The van der Waals surface area contributed by atoms with Crippen molar-refractivity contribution in [3.05, 3.63) is 6.20 Å². The number of rotatable bonds is 2. The number of aryl methyl sites for hydroxylation is 1. The molecule has 0 N–H and O–H groups in total. The van der Waals surface area contributed by atoms with E-state index >= 15 is 0 Å². The molecule has 0 spiro atoms. The smallest absolute Gasteiger partial charge is 0.539 e. The maximum atomic E-state index is 5.77. The van der Waals surface area contributed by atoms with E-state index in [-0.39, 0.29) is 24.3 Å². The molecule has 0 atom stereocenters. The first-order valence-corrected chi connectivity index (χ1v) is 5.62. The molecule has 3 aliphatic rings. The van der Waals surface area contributed by atoms with Gasteiger partial charge in [0.1, 0.15) is 0 Å². The van der Waals surface area contributed by atoms with Crippen molar-refractivity contribution in [2.24, 2.45) is 5.41 Å². The number of fused-ring (bicyclic) bond motifs is 3. The van der Waals surface area contributed by atoms with E-state index in [4.69, 9.17) is 14.0 Å². The molecule has 2 bridgehead atoms. The molecule has 0 aliphatic carbocycles. The molecular formula is C9H15BLiN3O3. The van der Waals surface area contributed by atoms with Crippen molar-refractivity contribution in [1.29, 1.82) is 0 Å². The fourth-order valence-electron chi connectivity index (χ4n) is 2.24. The molecule has 1 aromatic heterocycles. The molecule has 3 saturated heterocycles. The predicted molar refractivity (Wildman–Crippen MR) is 57.0 cm³/mol. The van der Waals surface area contributed by atoms with E-state index in [2.05, 4.69) is 17.2 Å². The number of hydrogen-bond acceptors (Lipinski definition) is 5. The zero-order valence-corrected chi connectivity index (χ0v) is 10.5. The van der Waals surface area contributed by atoms with Crippen LogP contribution in [0.15, 0.2) is 6.20 Å². The van der Waals surface area contributed by atoms with E-state index in [1.807, 2.05) is 6.92 Å². The maximum Gasteiger partial charge on any atom is 1.00 e. The van der Waals surface area contributed by atoms with Gasteiger partial charge in [0, 0.05) is 38.0 Å². The second-order valence-corrected chi connectivity index (χ2v) is 4.86. The van der Waals surface area contributed by atoms with Gasteiger partial charge in [-0.05, 0) is 12.5 Å². The molecule has 4 heterocycles. The van der Waals surface area contributed by atoms with Gasteiger partial charge in [0.25, 0.3) is 0 Å². The van der Waals surface area contributed by atoms with Gasteiger partial charge < -0.3 is 14.0 Å². The third-order valence-corrected chi connectivity index (χ3v) is 3.26. The Hall–Kier alpha value is -0.318. The fourth-order valence-corrected chi connectivity index (χ4v) is 2.24. The van der Waals surface area contributed by atoms with Crippen molar-refractivity contribution in [3.8, 4) is 0 Å². The summed E-state index contributed by atoms with van der Waals surface area (Å²) in [6.45, 7) is 5.03. The normalized spacial score (nSPS) is 35.6. The Balaban J connectivity index is 0.00000108. The molecule has 3 fully saturated rings. The van der Waals surface area contributed by atoms with Crippen LogP contribution in [0.25, 0.3) is 0 Å². The summed E-state index contributed by atoms with van der Waals surface area (Å²) in [4.78, 5) is 0. The molecule has 0 radical (unpaired) electrons. The van der Waals surface area contributed by atoms with Crippen molar-refractivity contribution < 1.29 is 32.8 Å². The van der Waals surface area contributed by atoms with Crippen molar-refractivity contribution in [2.75, 3.05) is 19.8 Å². The van der Waals surface area contributed by atoms with E-state index < -0.39 is 6.75 Å². The Morgan fingerprint density at radius 1 is 1.35 bits per heavy atom. The van der Waals surface area contributed by atoms with Crippen LogP contribution in [-0.2, 0) is 20.5 Å². The number of hydrogen-bond donors (Lipinski definition) is 0. The molecule has 3 aliphatic heterocycles. The van der Waals surface area contributed by atoms with Crippen LogP contribution >= 0.6 is 0 Å². The molecule has 1 aromatic rings. The first-order valence-electron chi connectivity index (χ1n) is 5.62. The summed E-state index contributed by atoms with van der Waals surface area (Å²) in [6.07, 6.45) is 1.66. The number of aromatic nitrogens is 3. The molecule has 0 amide bonds. The number of nitrogens with zero attached hydrogens (tertiary/aromatic N) is 3. The maximum absolute atomic E-state index is 5.77. The molecule has 88 valence electrons. The fraction of sp³-hybridized carbons (Fsp3) is 0.778. The average molecular weight is 231 g/mol. The van der Waals surface area contributed by atoms with Crippen molar-refractivity contribution in [1.82, 2.24) is 15.0 Å². The first-order chi connectivity index (χ1) is 7.68. The Bertz CT molecular complexity index is 389. The van der Waals surface area contributed by atoms with Gasteiger partial charge in [-0.1, -0.05) is 12.1 Å². The minimum absolute atomic E-state index is 0. The van der Waals surface area contributed by atoms with Gasteiger partial charge >= 0.3 is 25.6 Å². The summed E-state index contributed by atoms with van der Waals surface area (Å²) >= 11 is 0. The Kier molecular flexibility index (Phi) is 3.41. The molecule has 17 heavy (non-hydrogen) atoms. The zero-order valence-electron chi connectivity index (χ0n) is 10.5. The van der Waals surface area contributed by atoms with Crippen LogP contribution in [0.3, 0.4) is 0 Å². The summed E-state index contributed by atoms with van der Waals surface area (Å²) in [7, 11) is 0. The van der Waals surface area contributed by atoms with Crippen LogP contribution < -0.4 is 24.5 Å². The monoisotopic (exact) mass is 231 g/mol. The van der Waals surface area contributed by atoms with E-state index in [0.717, 1.165) is 12.1 Å². The first kappa shape index (κ1) is 13.1. The second kappa shape index (κ2) is 4.41. The van der Waals surface area contributed by atoms with Crippen molar-refractivity contribution in [3.63, 3.8) is 0 Å². The third kappa shape index (κ3) is 1.96. The van der Waals surface area contributed by atoms with Crippen molar-refractivity contribution in [2.45, 2.75) is 20.4 Å². The van der Waals surface area contributed by atoms with Gasteiger partial charge in [0.15, 0.2) is 0 Å². The van der Waals surface area contributed by atoms with Crippen LogP contribution in [0.4, 0.5) is 0 Å². The molecule has 0 saturated carbocycles. The quantitative estimate of drug-likeness (QED) is 0.495.